The average Bonchev–Trinajstić information content (AvgIpc) is 2.62. The van der Waals surface area contributed by atoms with E-state index in [-0.39, 0.29) is 24.8 Å². The second kappa shape index (κ2) is 9.82. The van der Waals surface area contributed by atoms with Crippen molar-refractivity contribution in [2.24, 2.45) is 0 Å². The van der Waals surface area contributed by atoms with Crippen LogP contribution in [-0.2, 0) is 16.1 Å². The largest absolute Gasteiger partial charge is 0.492 e. The third-order valence-corrected chi connectivity index (χ3v) is 4.20. The second-order valence-corrected chi connectivity index (χ2v) is 6.10. The van der Waals surface area contributed by atoms with Crippen LogP contribution in [0.5, 0.6) is 5.75 Å². The Balaban J connectivity index is 1.97. The molecule has 26 heavy (non-hydrogen) atoms. The molecule has 2 amide bonds. The van der Waals surface area contributed by atoms with Gasteiger partial charge in [0.25, 0.3) is 0 Å². The molecule has 0 aliphatic rings. The van der Waals surface area contributed by atoms with Gasteiger partial charge < -0.3 is 15.0 Å². The highest BCUT2D eigenvalue weighted by molar-refractivity contribution is 6.31. The average molecular weight is 375 g/mol. The molecule has 0 spiro atoms. The molecule has 0 aliphatic carbocycles. The molecular formula is C20H23ClN2O3. The zero-order chi connectivity index (χ0) is 18.9. The van der Waals surface area contributed by atoms with E-state index in [0.717, 1.165) is 5.56 Å². The molecule has 0 aromatic heterocycles. The van der Waals surface area contributed by atoms with Crippen molar-refractivity contribution in [2.75, 3.05) is 18.1 Å². The molecule has 0 radical (unpaired) electrons. The minimum absolute atomic E-state index is 0.143. The Morgan fingerprint density at radius 1 is 1.12 bits per heavy atom. The van der Waals surface area contributed by atoms with Gasteiger partial charge in [0.15, 0.2) is 0 Å². The van der Waals surface area contributed by atoms with Crippen LogP contribution in [0.25, 0.3) is 0 Å². The van der Waals surface area contributed by atoms with Gasteiger partial charge in [0.2, 0.25) is 11.8 Å². The molecule has 0 unspecified atom stereocenters. The first kappa shape index (κ1) is 19.8. The number of hydrogen-bond acceptors (Lipinski definition) is 3. The molecule has 0 heterocycles. The lowest BCUT2D eigenvalue weighted by atomic mass is 10.2. The first-order valence-electron chi connectivity index (χ1n) is 8.53. The van der Waals surface area contributed by atoms with Crippen LogP contribution in [0.3, 0.4) is 0 Å². The molecule has 5 nitrogen and oxygen atoms in total. The number of ether oxygens (including phenoxy) is 1. The maximum Gasteiger partial charge on any atom is 0.223 e. The number of carbonyl (C=O) groups excluding carboxylic acids is 2. The Bertz CT molecular complexity index is 764. The number of para-hydroxylation sites is 2. The number of rotatable bonds is 8. The summed E-state index contributed by atoms with van der Waals surface area (Å²) in [6.07, 6.45) is 0.185. The molecule has 0 bridgehead atoms. The van der Waals surface area contributed by atoms with E-state index in [2.05, 4.69) is 5.32 Å². The third-order valence-electron chi connectivity index (χ3n) is 3.83. The van der Waals surface area contributed by atoms with E-state index in [1.54, 1.807) is 11.0 Å². The highest BCUT2D eigenvalue weighted by Gasteiger charge is 2.17. The van der Waals surface area contributed by atoms with Gasteiger partial charge in [-0.05, 0) is 30.7 Å². The van der Waals surface area contributed by atoms with Crippen molar-refractivity contribution in [3.8, 4) is 5.75 Å². The van der Waals surface area contributed by atoms with E-state index in [1.165, 1.54) is 6.92 Å². The van der Waals surface area contributed by atoms with Crippen LogP contribution in [0.2, 0.25) is 5.02 Å². The van der Waals surface area contributed by atoms with Crippen molar-refractivity contribution in [2.45, 2.75) is 26.8 Å². The van der Waals surface area contributed by atoms with Gasteiger partial charge in [-0.2, -0.15) is 0 Å². The fourth-order valence-corrected chi connectivity index (χ4v) is 2.75. The molecule has 2 aromatic carbocycles. The van der Waals surface area contributed by atoms with Crippen molar-refractivity contribution in [1.29, 1.82) is 0 Å². The van der Waals surface area contributed by atoms with Gasteiger partial charge in [0.1, 0.15) is 5.75 Å². The predicted molar refractivity (Wildman–Crippen MR) is 104 cm³/mol. The van der Waals surface area contributed by atoms with E-state index in [4.69, 9.17) is 16.3 Å². The van der Waals surface area contributed by atoms with Gasteiger partial charge >= 0.3 is 0 Å². The highest BCUT2D eigenvalue weighted by Crippen LogP contribution is 2.28. The van der Waals surface area contributed by atoms with Gasteiger partial charge in [0.05, 0.1) is 12.3 Å². The number of benzene rings is 2. The van der Waals surface area contributed by atoms with Crippen molar-refractivity contribution in [3.05, 3.63) is 59.1 Å². The van der Waals surface area contributed by atoms with Crippen molar-refractivity contribution in [3.63, 3.8) is 0 Å². The summed E-state index contributed by atoms with van der Waals surface area (Å²) in [6, 6.07) is 14.7. The highest BCUT2D eigenvalue weighted by atomic mass is 35.5. The molecule has 6 heteroatoms. The monoisotopic (exact) mass is 374 g/mol. The molecular weight excluding hydrogens is 352 g/mol. The number of hydrogen-bond donors (Lipinski definition) is 1. The molecule has 0 aliphatic heterocycles. The number of amides is 2. The van der Waals surface area contributed by atoms with Crippen LogP contribution < -0.4 is 15.0 Å². The van der Waals surface area contributed by atoms with E-state index in [9.17, 15) is 9.59 Å². The smallest absolute Gasteiger partial charge is 0.223 e. The van der Waals surface area contributed by atoms with Crippen LogP contribution in [0.15, 0.2) is 48.5 Å². The van der Waals surface area contributed by atoms with Crippen molar-refractivity contribution < 1.29 is 14.3 Å². The maximum absolute atomic E-state index is 12.2. The Labute approximate surface area is 158 Å². The predicted octanol–water partition coefficient (Wildman–Crippen LogP) is 3.80. The van der Waals surface area contributed by atoms with Crippen molar-refractivity contribution in [1.82, 2.24) is 5.32 Å². The first-order valence-corrected chi connectivity index (χ1v) is 8.90. The lowest BCUT2D eigenvalue weighted by molar-refractivity contribution is -0.121. The normalized spacial score (nSPS) is 10.3. The number of anilines is 1. The number of nitrogens with zero attached hydrogens (tertiary/aromatic N) is 1. The van der Waals surface area contributed by atoms with Crippen LogP contribution in [0.1, 0.15) is 25.8 Å². The van der Waals surface area contributed by atoms with E-state index in [1.807, 2.05) is 49.4 Å². The van der Waals surface area contributed by atoms with Crippen LogP contribution in [0.4, 0.5) is 5.69 Å². The van der Waals surface area contributed by atoms with Gasteiger partial charge in [-0.15, -0.1) is 0 Å². The molecule has 2 rings (SSSR count). The zero-order valence-corrected chi connectivity index (χ0v) is 15.8. The fraction of sp³-hybridized carbons (Fsp3) is 0.300. The summed E-state index contributed by atoms with van der Waals surface area (Å²) >= 11 is 6.09. The number of carbonyl (C=O) groups is 2. The minimum atomic E-state index is -0.148. The molecule has 0 saturated heterocycles. The Hall–Kier alpha value is -2.53. The van der Waals surface area contributed by atoms with Gasteiger partial charge in [-0.1, -0.05) is 41.9 Å². The van der Waals surface area contributed by atoms with Crippen LogP contribution in [0, 0.1) is 0 Å². The summed E-state index contributed by atoms with van der Waals surface area (Å²) in [5.41, 5.74) is 1.52. The molecule has 138 valence electrons. The van der Waals surface area contributed by atoms with Crippen LogP contribution in [-0.4, -0.2) is 25.0 Å². The van der Waals surface area contributed by atoms with Crippen LogP contribution >= 0.6 is 11.6 Å². The van der Waals surface area contributed by atoms with Gasteiger partial charge in [-0.25, -0.2) is 0 Å². The summed E-state index contributed by atoms with van der Waals surface area (Å²) in [5, 5.41) is 3.45. The standard InChI is InChI=1S/C20H23ClN2O3/c1-3-26-19-11-7-6-10-18(19)23(15(2)24)13-12-20(25)22-14-16-8-4-5-9-17(16)21/h4-11H,3,12-14H2,1-2H3,(H,22,25). The Morgan fingerprint density at radius 2 is 1.81 bits per heavy atom. The molecule has 0 fully saturated rings. The second-order valence-electron chi connectivity index (χ2n) is 5.69. The molecule has 0 saturated carbocycles. The van der Waals surface area contributed by atoms with E-state index >= 15 is 0 Å². The number of halogens is 1. The molecule has 0 atom stereocenters. The number of nitrogens with one attached hydrogen (secondary N) is 1. The Kier molecular flexibility index (Phi) is 7.48. The summed E-state index contributed by atoms with van der Waals surface area (Å²) in [5.74, 6) is 0.336. The quantitative estimate of drug-likeness (QED) is 0.764. The minimum Gasteiger partial charge on any atom is -0.492 e. The summed E-state index contributed by atoms with van der Waals surface area (Å²) < 4.78 is 5.58. The third kappa shape index (κ3) is 5.49. The summed E-state index contributed by atoms with van der Waals surface area (Å²) in [4.78, 5) is 25.8. The lowest BCUT2D eigenvalue weighted by Crippen LogP contribution is -2.34. The van der Waals surface area contributed by atoms with Gasteiger partial charge in [0, 0.05) is 31.5 Å². The maximum atomic E-state index is 12.2. The molecule has 1 N–H and O–H groups in total. The summed E-state index contributed by atoms with van der Waals surface area (Å²) in [6.45, 7) is 4.49. The lowest BCUT2D eigenvalue weighted by Gasteiger charge is -2.23. The van der Waals surface area contributed by atoms with Gasteiger partial charge in [-0.3, -0.25) is 9.59 Å². The summed E-state index contributed by atoms with van der Waals surface area (Å²) in [7, 11) is 0. The first-order chi connectivity index (χ1) is 12.5. The van der Waals surface area contributed by atoms with E-state index in [0.29, 0.717) is 29.6 Å². The Morgan fingerprint density at radius 3 is 2.50 bits per heavy atom. The SMILES string of the molecule is CCOc1ccccc1N(CCC(=O)NCc1ccccc1Cl)C(C)=O. The van der Waals surface area contributed by atoms with Crippen molar-refractivity contribution >= 4 is 29.1 Å². The van der Waals surface area contributed by atoms with E-state index < -0.39 is 0 Å². The topological polar surface area (TPSA) is 58.6 Å². The fourth-order valence-electron chi connectivity index (χ4n) is 2.54. The molecule has 2 aromatic rings. The zero-order valence-electron chi connectivity index (χ0n) is 15.0.